The molecule has 0 aromatic heterocycles. The summed E-state index contributed by atoms with van der Waals surface area (Å²) in [6.45, 7) is 2.44. The average Bonchev–Trinajstić information content (AvgIpc) is 2.97. The van der Waals surface area contributed by atoms with Gasteiger partial charge in [-0.1, -0.05) is 42.5 Å². The van der Waals surface area contributed by atoms with E-state index in [4.69, 9.17) is 14.2 Å². The number of methoxy groups -OCH3 is 1. The Balaban J connectivity index is 1.72. The Hall–Kier alpha value is -4.25. The Kier molecular flexibility index (Phi) is 9.72. The monoisotopic (exact) mass is 581 g/mol. The van der Waals surface area contributed by atoms with Crippen LogP contribution in [0.4, 0.5) is 5.69 Å². The number of likely N-dealkylation sites (N-methyl/N-ethyl adjacent to an activating group) is 1. The number of hydrogen-bond donors (Lipinski definition) is 1. The number of anilines is 1. The van der Waals surface area contributed by atoms with Gasteiger partial charge in [-0.3, -0.25) is 13.9 Å². The third-order valence-corrected chi connectivity index (χ3v) is 7.74. The highest BCUT2D eigenvalue weighted by molar-refractivity contribution is 7.92. The van der Waals surface area contributed by atoms with E-state index in [1.54, 1.807) is 50.4 Å². The number of carbonyl (C=O) groups is 2. The molecule has 2 amide bonds. The highest BCUT2D eigenvalue weighted by Gasteiger charge is 2.33. The lowest BCUT2D eigenvalue weighted by Crippen LogP contribution is -2.53. The van der Waals surface area contributed by atoms with Crippen molar-refractivity contribution in [3.8, 4) is 17.2 Å². The summed E-state index contributed by atoms with van der Waals surface area (Å²) < 4.78 is 43.5. The number of nitrogens with one attached hydrogen (secondary N) is 1. The van der Waals surface area contributed by atoms with Crippen LogP contribution in [0, 0.1) is 0 Å². The Bertz CT molecular complexity index is 1460. The number of amides is 2. The second-order valence-corrected chi connectivity index (χ2v) is 11.5. The minimum Gasteiger partial charge on any atom is -0.497 e. The summed E-state index contributed by atoms with van der Waals surface area (Å²) >= 11 is 0. The molecule has 3 aromatic carbocycles. The molecule has 0 fully saturated rings. The van der Waals surface area contributed by atoms with Crippen molar-refractivity contribution in [1.29, 1.82) is 0 Å². The van der Waals surface area contributed by atoms with E-state index in [0.717, 1.165) is 21.7 Å². The third-order valence-electron chi connectivity index (χ3n) is 6.60. The molecule has 1 N–H and O–H groups in total. The summed E-state index contributed by atoms with van der Waals surface area (Å²) in [5.74, 6) is 0.616. The summed E-state index contributed by atoms with van der Waals surface area (Å²) in [6.07, 6.45) is 1.28. The molecule has 1 aliphatic heterocycles. The number of fused-ring (bicyclic) bond motifs is 1. The molecular formula is C30H35N3O7S. The molecular weight excluding hydrogens is 546 g/mol. The topological polar surface area (TPSA) is 114 Å². The normalized spacial score (nSPS) is 13.1. The number of ether oxygens (including phenoxy) is 3. The molecule has 4 rings (SSSR count). The molecule has 1 heterocycles. The van der Waals surface area contributed by atoms with Crippen molar-refractivity contribution in [1.82, 2.24) is 10.2 Å². The molecule has 0 bridgehead atoms. The molecule has 0 aliphatic carbocycles. The first-order valence-electron chi connectivity index (χ1n) is 13.3. The van der Waals surface area contributed by atoms with Gasteiger partial charge in [-0.15, -0.1) is 0 Å². The molecule has 0 radical (unpaired) electrons. The molecule has 1 aliphatic rings. The van der Waals surface area contributed by atoms with Crippen LogP contribution in [0.25, 0.3) is 0 Å². The molecule has 218 valence electrons. The lowest BCUT2D eigenvalue weighted by molar-refractivity contribution is -0.140. The van der Waals surface area contributed by atoms with Gasteiger partial charge in [0.05, 0.1) is 19.1 Å². The second kappa shape index (κ2) is 13.4. The fourth-order valence-electron chi connectivity index (χ4n) is 4.61. The minimum atomic E-state index is -3.90. The van der Waals surface area contributed by atoms with E-state index in [-0.39, 0.29) is 24.6 Å². The van der Waals surface area contributed by atoms with Crippen molar-refractivity contribution < 1.29 is 32.2 Å². The molecule has 41 heavy (non-hydrogen) atoms. The van der Waals surface area contributed by atoms with Crippen LogP contribution in [0.1, 0.15) is 18.1 Å². The van der Waals surface area contributed by atoms with Gasteiger partial charge in [-0.2, -0.15) is 0 Å². The lowest BCUT2D eigenvalue weighted by atomic mass is 10.0. The summed E-state index contributed by atoms with van der Waals surface area (Å²) in [6, 6.07) is 20.4. The molecule has 1 atom stereocenters. The number of benzene rings is 3. The molecule has 0 spiro atoms. The van der Waals surface area contributed by atoms with Gasteiger partial charge in [0.1, 0.15) is 31.5 Å². The van der Waals surface area contributed by atoms with Crippen LogP contribution < -0.4 is 23.8 Å². The van der Waals surface area contributed by atoms with Crippen molar-refractivity contribution in [3.63, 3.8) is 0 Å². The molecule has 0 saturated carbocycles. The second-order valence-electron chi connectivity index (χ2n) is 9.57. The highest BCUT2D eigenvalue weighted by atomic mass is 32.2. The van der Waals surface area contributed by atoms with Crippen LogP contribution in [-0.4, -0.2) is 70.8 Å². The number of nitrogens with zero attached hydrogens (tertiary/aromatic N) is 2. The van der Waals surface area contributed by atoms with Crippen molar-refractivity contribution in [2.24, 2.45) is 0 Å². The fourth-order valence-corrected chi connectivity index (χ4v) is 5.46. The van der Waals surface area contributed by atoms with Gasteiger partial charge >= 0.3 is 0 Å². The fraction of sp³-hybridized carbons (Fsp3) is 0.333. The Morgan fingerprint density at radius 2 is 1.66 bits per heavy atom. The molecule has 0 saturated heterocycles. The predicted molar refractivity (Wildman–Crippen MR) is 156 cm³/mol. The average molecular weight is 582 g/mol. The summed E-state index contributed by atoms with van der Waals surface area (Å²) in [4.78, 5) is 29.0. The maximum atomic E-state index is 14.1. The maximum Gasteiger partial charge on any atom is 0.244 e. The van der Waals surface area contributed by atoms with Gasteiger partial charge < -0.3 is 24.4 Å². The van der Waals surface area contributed by atoms with E-state index in [0.29, 0.717) is 37.0 Å². The quantitative estimate of drug-likeness (QED) is 0.350. The van der Waals surface area contributed by atoms with Crippen LogP contribution in [0.2, 0.25) is 0 Å². The lowest BCUT2D eigenvalue weighted by Gasteiger charge is -2.33. The van der Waals surface area contributed by atoms with E-state index in [9.17, 15) is 18.0 Å². The zero-order valence-corrected chi connectivity index (χ0v) is 24.2. The largest absolute Gasteiger partial charge is 0.497 e. The summed E-state index contributed by atoms with van der Waals surface area (Å²) in [7, 11) is -2.35. The molecule has 3 aromatic rings. The van der Waals surface area contributed by atoms with E-state index in [1.807, 2.05) is 36.4 Å². The summed E-state index contributed by atoms with van der Waals surface area (Å²) in [5, 5.41) is 2.84. The Morgan fingerprint density at radius 3 is 2.34 bits per heavy atom. The maximum absolute atomic E-state index is 14.1. The number of carbonyl (C=O) groups excluding carboxylic acids is 2. The van der Waals surface area contributed by atoms with E-state index in [2.05, 4.69) is 5.32 Å². The summed E-state index contributed by atoms with van der Waals surface area (Å²) in [5.41, 5.74) is 1.84. The van der Waals surface area contributed by atoms with Gasteiger partial charge in [-0.05, 0) is 42.3 Å². The van der Waals surface area contributed by atoms with Gasteiger partial charge in [0, 0.05) is 25.6 Å². The van der Waals surface area contributed by atoms with E-state index < -0.39 is 28.5 Å². The van der Waals surface area contributed by atoms with Crippen LogP contribution in [0.15, 0.2) is 72.8 Å². The van der Waals surface area contributed by atoms with Crippen molar-refractivity contribution in [2.45, 2.75) is 25.9 Å². The predicted octanol–water partition coefficient (Wildman–Crippen LogP) is 3.01. The number of rotatable bonds is 12. The van der Waals surface area contributed by atoms with Crippen LogP contribution >= 0.6 is 0 Å². The zero-order chi connectivity index (χ0) is 29.4. The van der Waals surface area contributed by atoms with Crippen LogP contribution in [-0.2, 0) is 32.6 Å². The SMILES string of the molecule is CCNC(=O)C(Cc1ccccc1)N(Cc1cccc(OC)c1)C(=O)CN(c1ccc2c(c1)OCCO2)S(C)(=O)=O. The standard InChI is InChI=1S/C30H35N3O7S/c1-4-31-30(35)26(18-22-9-6-5-7-10-22)32(20-23-11-8-12-25(17-23)38-2)29(34)21-33(41(3,36)37)24-13-14-27-28(19-24)40-16-15-39-27/h5-14,17,19,26H,4,15-16,18,20-21H2,1-3H3,(H,31,35). The van der Waals surface area contributed by atoms with Gasteiger partial charge in [0.25, 0.3) is 0 Å². The smallest absolute Gasteiger partial charge is 0.244 e. The highest BCUT2D eigenvalue weighted by Crippen LogP contribution is 2.35. The first-order chi connectivity index (χ1) is 19.7. The van der Waals surface area contributed by atoms with Crippen LogP contribution in [0.3, 0.4) is 0 Å². The van der Waals surface area contributed by atoms with Gasteiger partial charge in [0.15, 0.2) is 11.5 Å². The first-order valence-corrected chi connectivity index (χ1v) is 15.2. The molecule has 11 heteroatoms. The van der Waals surface area contributed by atoms with Crippen molar-refractivity contribution in [3.05, 3.63) is 83.9 Å². The first kappa shape index (κ1) is 29.7. The van der Waals surface area contributed by atoms with Gasteiger partial charge in [-0.25, -0.2) is 8.42 Å². The zero-order valence-electron chi connectivity index (χ0n) is 23.4. The Labute approximate surface area is 240 Å². The Morgan fingerprint density at radius 1 is 0.951 bits per heavy atom. The van der Waals surface area contributed by atoms with Crippen molar-refractivity contribution in [2.75, 3.05) is 44.0 Å². The van der Waals surface area contributed by atoms with Crippen molar-refractivity contribution >= 4 is 27.5 Å². The third kappa shape index (κ3) is 7.69. The number of sulfonamides is 1. The molecule has 10 nitrogen and oxygen atoms in total. The van der Waals surface area contributed by atoms with E-state index in [1.165, 1.54) is 4.90 Å². The van der Waals surface area contributed by atoms with E-state index >= 15 is 0 Å². The number of hydrogen-bond acceptors (Lipinski definition) is 7. The minimum absolute atomic E-state index is 0.0589. The van der Waals surface area contributed by atoms with Gasteiger partial charge in [0.2, 0.25) is 21.8 Å². The molecule has 1 unspecified atom stereocenters. The van der Waals surface area contributed by atoms with Crippen LogP contribution in [0.5, 0.6) is 17.2 Å².